The Labute approximate surface area is 158 Å². The van der Waals surface area contributed by atoms with Gasteiger partial charge in [0.25, 0.3) is 0 Å². The van der Waals surface area contributed by atoms with E-state index in [0.29, 0.717) is 6.61 Å². The molecule has 4 rings (SSSR count). The number of benzene rings is 3. The maximum Gasteiger partial charge on any atom is 0.136 e. The second-order valence-corrected chi connectivity index (χ2v) is 6.40. The molecule has 134 valence electrons. The van der Waals surface area contributed by atoms with E-state index in [-0.39, 0.29) is 0 Å². The molecule has 1 heterocycles. The van der Waals surface area contributed by atoms with Gasteiger partial charge < -0.3 is 9.15 Å². The lowest BCUT2D eigenvalue weighted by Gasteiger charge is -2.06. The Balaban J connectivity index is 1.90. The summed E-state index contributed by atoms with van der Waals surface area (Å²) >= 11 is 0. The molecule has 4 aromatic rings. The van der Waals surface area contributed by atoms with Crippen molar-refractivity contribution in [3.63, 3.8) is 0 Å². The summed E-state index contributed by atoms with van der Waals surface area (Å²) in [6.45, 7) is 4.71. The lowest BCUT2D eigenvalue weighted by Crippen LogP contribution is -2.03. The molecule has 3 nitrogen and oxygen atoms in total. The molecule has 0 aliphatic rings. The molecule has 0 bridgehead atoms. The van der Waals surface area contributed by atoms with E-state index >= 15 is 0 Å². The molecule has 0 atom stereocenters. The van der Waals surface area contributed by atoms with Crippen molar-refractivity contribution >= 4 is 16.7 Å². The summed E-state index contributed by atoms with van der Waals surface area (Å²) in [5, 5.41) is 1.89. The summed E-state index contributed by atoms with van der Waals surface area (Å²) in [6.07, 6.45) is 0. The summed E-state index contributed by atoms with van der Waals surface area (Å²) in [5.41, 5.74) is 3.91. The highest BCUT2D eigenvalue weighted by molar-refractivity contribution is 5.79. The maximum atomic E-state index is 6.15. The van der Waals surface area contributed by atoms with Gasteiger partial charge in [-0.25, -0.2) is 4.99 Å². The fourth-order valence-electron chi connectivity index (χ4n) is 3.04. The molecule has 0 N–H and O–H groups in total. The highest BCUT2D eigenvalue weighted by Crippen LogP contribution is 2.24. The first kappa shape index (κ1) is 17.1. The van der Waals surface area contributed by atoms with Gasteiger partial charge in [-0.3, -0.25) is 0 Å². The van der Waals surface area contributed by atoms with Crippen molar-refractivity contribution in [3.05, 3.63) is 89.8 Å². The van der Waals surface area contributed by atoms with Crippen LogP contribution in [0.25, 0.3) is 22.3 Å². The smallest absolute Gasteiger partial charge is 0.136 e. The lowest BCUT2D eigenvalue weighted by molar-refractivity contribution is 0.340. The standard InChI is InChI=1S/C24H21NO2/c1-3-26-20-12-10-19(11-13-20)25-22-16-24(18-7-5-4-6-8-18)27-23-14-9-17(2)15-21(22)23/h4-16H,3H2,1-2H3. The Morgan fingerprint density at radius 3 is 2.41 bits per heavy atom. The molecule has 27 heavy (non-hydrogen) atoms. The number of rotatable bonds is 4. The van der Waals surface area contributed by atoms with Crippen molar-refractivity contribution in [2.45, 2.75) is 13.8 Å². The van der Waals surface area contributed by atoms with Crippen LogP contribution in [0.4, 0.5) is 5.69 Å². The van der Waals surface area contributed by atoms with Gasteiger partial charge >= 0.3 is 0 Å². The van der Waals surface area contributed by atoms with Crippen LogP contribution >= 0.6 is 0 Å². The van der Waals surface area contributed by atoms with Crippen LogP contribution < -0.4 is 10.1 Å². The second-order valence-electron chi connectivity index (χ2n) is 6.40. The molecule has 0 saturated heterocycles. The van der Waals surface area contributed by atoms with E-state index in [1.807, 2.05) is 73.7 Å². The van der Waals surface area contributed by atoms with Crippen LogP contribution in [-0.2, 0) is 0 Å². The number of nitrogens with zero attached hydrogens (tertiary/aromatic N) is 1. The van der Waals surface area contributed by atoms with Crippen LogP contribution in [-0.4, -0.2) is 6.61 Å². The Hall–Kier alpha value is -3.33. The minimum absolute atomic E-state index is 0.654. The Bertz CT molecular complexity index is 1130. The predicted molar refractivity (Wildman–Crippen MR) is 109 cm³/mol. The number of fused-ring (bicyclic) bond motifs is 1. The third kappa shape index (κ3) is 3.77. The highest BCUT2D eigenvalue weighted by atomic mass is 16.5. The zero-order chi connectivity index (χ0) is 18.6. The summed E-state index contributed by atoms with van der Waals surface area (Å²) in [6, 6.07) is 26.1. The average Bonchev–Trinajstić information content (AvgIpc) is 2.70. The first-order valence-electron chi connectivity index (χ1n) is 9.10. The first-order valence-corrected chi connectivity index (χ1v) is 9.10. The molecule has 0 radical (unpaired) electrons. The van der Waals surface area contributed by atoms with E-state index in [1.165, 1.54) is 5.56 Å². The maximum absolute atomic E-state index is 6.15. The van der Waals surface area contributed by atoms with Gasteiger partial charge in [0.2, 0.25) is 0 Å². The SMILES string of the molecule is CCOc1ccc(N=c2cc(-c3ccccc3)oc3ccc(C)cc23)cc1. The molecule has 0 aliphatic carbocycles. The zero-order valence-corrected chi connectivity index (χ0v) is 15.5. The van der Waals surface area contributed by atoms with E-state index in [9.17, 15) is 0 Å². The second kappa shape index (κ2) is 7.50. The van der Waals surface area contributed by atoms with Crippen molar-refractivity contribution in [3.8, 4) is 17.1 Å². The van der Waals surface area contributed by atoms with Gasteiger partial charge in [0.15, 0.2) is 0 Å². The van der Waals surface area contributed by atoms with Gasteiger partial charge in [-0.15, -0.1) is 0 Å². The molecular weight excluding hydrogens is 334 g/mol. The van der Waals surface area contributed by atoms with E-state index in [0.717, 1.165) is 39.1 Å². The van der Waals surface area contributed by atoms with Gasteiger partial charge in [-0.05, 0) is 50.2 Å². The molecule has 0 aliphatic heterocycles. The van der Waals surface area contributed by atoms with Gasteiger partial charge in [-0.2, -0.15) is 0 Å². The molecule has 3 aromatic carbocycles. The van der Waals surface area contributed by atoms with Gasteiger partial charge in [-0.1, -0.05) is 42.0 Å². The predicted octanol–water partition coefficient (Wildman–Crippen LogP) is 6.04. The number of hydrogen-bond acceptors (Lipinski definition) is 3. The fourth-order valence-corrected chi connectivity index (χ4v) is 3.04. The quantitative estimate of drug-likeness (QED) is 0.447. The van der Waals surface area contributed by atoms with E-state index in [1.54, 1.807) is 0 Å². The molecule has 0 fully saturated rings. The Morgan fingerprint density at radius 1 is 0.889 bits per heavy atom. The fraction of sp³-hybridized carbons (Fsp3) is 0.125. The van der Waals surface area contributed by atoms with E-state index < -0.39 is 0 Å². The van der Waals surface area contributed by atoms with Gasteiger partial charge in [0.05, 0.1) is 17.7 Å². The lowest BCUT2D eigenvalue weighted by atomic mass is 10.1. The summed E-state index contributed by atoms with van der Waals surface area (Å²) in [7, 11) is 0. The molecule has 0 saturated carbocycles. The molecule has 1 aromatic heterocycles. The molecule has 0 unspecified atom stereocenters. The Morgan fingerprint density at radius 2 is 1.67 bits per heavy atom. The van der Waals surface area contributed by atoms with Crippen LogP contribution in [0.1, 0.15) is 12.5 Å². The first-order chi connectivity index (χ1) is 13.2. The average molecular weight is 355 g/mol. The van der Waals surface area contributed by atoms with Crippen molar-refractivity contribution in [1.82, 2.24) is 0 Å². The van der Waals surface area contributed by atoms with Crippen molar-refractivity contribution in [1.29, 1.82) is 0 Å². The Kier molecular flexibility index (Phi) is 4.75. The number of hydrogen-bond donors (Lipinski definition) is 0. The van der Waals surface area contributed by atoms with Crippen molar-refractivity contribution in [2.75, 3.05) is 6.61 Å². The normalized spacial score (nSPS) is 11.7. The topological polar surface area (TPSA) is 34.7 Å². The molecular formula is C24H21NO2. The third-order valence-electron chi connectivity index (χ3n) is 4.35. The molecule has 3 heteroatoms. The van der Waals surface area contributed by atoms with E-state index in [4.69, 9.17) is 14.1 Å². The molecule has 0 spiro atoms. The summed E-state index contributed by atoms with van der Waals surface area (Å²) < 4.78 is 11.7. The number of aryl methyl sites for hydroxylation is 1. The van der Waals surface area contributed by atoms with Gasteiger partial charge in [0, 0.05) is 17.0 Å². The molecule has 0 amide bonds. The van der Waals surface area contributed by atoms with Crippen molar-refractivity contribution in [2.24, 2.45) is 4.99 Å². The highest BCUT2D eigenvalue weighted by Gasteiger charge is 2.06. The third-order valence-corrected chi connectivity index (χ3v) is 4.35. The van der Waals surface area contributed by atoms with Crippen LogP contribution in [0.3, 0.4) is 0 Å². The summed E-state index contributed by atoms with van der Waals surface area (Å²) in [4.78, 5) is 4.88. The minimum Gasteiger partial charge on any atom is -0.494 e. The monoisotopic (exact) mass is 355 g/mol. The zero-order valence-electron chi connectivity index (χ0n) is 15.5. The van der Waals surface area contributed by atoms with Crippen LogP contribution in [0, 0.1) is 6.92 Å². The van der Waals surface area contributed by atoms with E-state index in [2.05, 4.69) is 19.1 Å². The van der Waals surface area contributed by atoms with Gasteiger partial charge in [0.1, 0.15) is 17.1 Å². The largest absolute Gasteiger partial charge is 0.494 e. The van der Waals surface area contributed by atoms with Crippen molar-refractivity contribution < 1.29 is 9.15 Å². The minimum atomic E-state index is 0.654. The van der Waals surface area contributed by atoms with Crippen LogP contribution in [0.5, 0.6) is 5.75 Å². The van der Waals surface area contributed by atoms with Crippen LogP contribution in [0.15, 0.2) is 88.3 Å². The summed E-state index contributed by atoms with van der Waals surface area (Å²) in [5.74, 6) is 1.65. The van der Waals surface area contributed by atoms with Crippen LogP contribution in [0.2, 0.25) is 0 Å². The number of ether oxygens (including phenoxy) is 1.